The Labute approximate surface area is 117 Å². The van der Waals surface area contributed by atoms with Crippen molar-refractivity contribution in [3.63, 3.8) is 0 Å². The molecule has 2 nitrogen and oxygen atoms in total. The topological polar surface area (TPSA) is 35.2 Å². The number of halogens is 2. The van der Waals surface area contributed by atoms with Crippen LogP contribution in [0.25, 0.3) is 0 Å². The maximum absolute atomic E-state index is 13.6. The van der Waals surface area contributed by atoms with Crippen LogP contribution in [0.5, 0.6) is 5.75 Å². The Balaban J connectivity index is 2.22. The predicted molar refractivity (Wildman–Crippen MR) is 76.1 cm³/mol. The second kappa shape index (κ2) is 5.49. The fourth-order valence-corrected chi connectivity index (χ4v) is 2.01. The molecule has 2 aromatic rings. The number of rotatable bonds is 3. The van der Waals surface area contributed by atoms with E-state index in [1.807, 2.05) is 26.0 Å². The van der Waals surface area contributed by atoms with Crippen LogP contribution in [0.3, 0.4) is 0 Å². The van der Waals surface area contributed by atoms with Crippen LogP contribution in [0.1, 0.15) is 16.7 Å². The summed E-state index contributed by atoms with van der Waals surface area (Å²) in [6, 6.07) is 8.27. The number of hydrogen-bond donors (Lipinski definition) is 1. The summed E-state index contributed by atoms with van der Waals surface area (Å²) >= 11 is 5.95. The average Bonchev–Trinajstić information content (AvgIpc) is 2.34. The van der Waals surface area contributed by atoms with Crippen LogP contribution in [0.4, 0.5) is 10.1 Å². The lowest BCUT2D eigenvalue weighted by Gasteiger charge is -2.12. The fourth-order valence-electron chi connectivity index (χ4n) is 1.79. The number of benzene rings is 2. The van der Waals surface area contributed by atoms with Gasteiger partial charge in [0.1, 0.15) is 18.2 Å². The second-order valence-electron chi connectivity index (χ2n) is 4.46. The Morgan fingerprint density at radius 3 is 2.63 bits per heavy atom. The number of nitrogen functional groups attached to an aromatic ring is 1. The smallest absolute Gasteiger partial charge is 0.131 e. The summed E-state index contributed by atoms with van der Waals surface area (Å²) in [4.78, 5) is 0. The lowest BCUT2D eigenvalue weighted by atomic mass is 10.1. The highest BCUT2D eigenvalue weighted by Gasteiger charge is 2.09. The number of nitrogens with two attached hydrogens (primary N) is 1. The normalized spacial score (nSPS) is 10.5. The Morgan fingerprint density at radius 1 is 1.21 bits per heavy atom. The van der Waals surface area contributed by atoms with Crippen LogP contribution in [0.2, 0.25) is 5.02 Å². The van der Waals surface area contributed by atoms with Crippen LogP contribution in [0, 0.1) is 19.7 Å². The van der Waals surface area contributed by atoms with E-state index in [-0.39, 0.29) is 12.4 Å². The van der Waals surface area contributed by atoms with Crippen molar-refractivity contribution in [1.82, 2.24) is 0 Å². The van der Waals surface area contributed by atoms with Gasteiger partial charge in [0.05, 0.1) is 5.02 Å². The predicted octanol–water partition coefficient (Wildman–Crippen LogP) is 4.26. The van der Waals surface area contributed by atoms with E-state index in [0.717, 1.165) is 11.1 Å². The molecule has 2 N–H and O–H groups in total. The molecule has 0 atom stereocenters. The van der Waals surface area contributed by atoms with Crippen LogP contribution in [-0.4, -0.2) is 0 Å². The van der Waals surface area contributed by atoms with Gasteiger partial charge in [-0.25, -0.2) is 4.39 Å². The van der Waals surface area contributed by atoms with Crippen LogP contribution >= 0.6 is 11.6 Å². The third-order valence-corrected chi connectivity index (χ3v) is 3.35. The zero-order valence-electron chi connectivity index (χ0n) is 10.8. The van der Waals surface area contributed by atoms with Crippen molar-refractivity contribution in [3.8, 4) is 5.75 Å². The molecule has 2 rings (SSSR count). The summed E-state index contributed by atoms with van der Waals surface area (Å²) in [5.74, 6) is 0.323. The molecular formula is C15H15ClFNO. The van der Waals surface area contributed by atoms with Crippen LogP contribution < -0.4 is 10.5 Å². The molecule has 0 saturated heterocycles. The van der Waals surface area contributed by atoms with E-state index in [2.05, 4.69) is 0 Å². The molecule has 0 amide bonds. The lowest BCUT2D eigenvalue weighted by molar-refractivity contribution is 0.298. The molecule has 0 aromatic heterocycles. The van der Waals surface area contributed by atoms with E-state index in [9.17, 15) is 4.39 Å². The zero-order valence-corrected chi connectivity index (χ0v) is 11.6. The molecule has 0 aliphatic heterocycles. The quantitative estimate of drug-likeness (QED) is 0.852. The first-order chi connectivity index (χ1) is 8.99. The van der Waals surface area contributed by atoms with Gasteiger partial charge in [-0.3, -0.25) is 0 Å². The van der Waals surface area contributed by atoms with Crippen LogP contribution in [-0.2, 0) is 6.61 Å². The van der Waals surface area contributed by atoms with E-state index < -0.39 is 0 Å². The largest absolute Gasteiger partial charge is 0.488 e. The third-order valence-electron chi connectivity index (χ3n) is 3.00. The molecule has 0 bridgehead atoms. The average molecular weight is 280 g/mol. The van der Waals surface area contributed by atoms with Gasteiger partial charge < -0.3 is 10.5 Å². The van der Waals surface area contributed by atoms with E-state index >= 15 is 0 Å². The van der Waals surface area contributed by atoms with Gasteiger partial charge in [0.25, 0.3) is 0 Å². The Kier molecular flexibility index (Phi) is 3.96. The summed E-state index contributed by atoms with van der Waals surface area (Å²) in [7, 11) is 0. The van der Waals surface area contributed by atoms with Crippen molar-refractivity contribution in [1.29, 1.82) is 0 Å². The minimum Gasteiger partial charge on any atom is -0.488 e. The SMILES string of the molecule is Cc1cc(OCc2c(F)cccc2Cl)c(C)cc1N. The van der Waals surface area contributed by atoms with Crippen molar-refractivity contribution in [2.75, 3.05) is 5.73 Å². The van der Waals surface area contributed by atoms with E-state index in [0.29, 0.717) is 22.0 Å². The monoisotopic (exact) mass is 279 g/mol. The third kappa shape index (κ3) is 2.99. The van der Waals surface area contributed by atoms with Gasteiger partial charge in [-0.1, -0.05) is 17.7 Å². The van der Waals surface area contributed by atoms with Gasteiger partial charge in [-0.05, 0) is 49.2 Å². The Bertz CT molecular complexity index is 593. The van der Waals surface area contributed by atoms with E-state index in [1.165, 1.54) is 6.07 Å². The molecule has 0 radical (unpaired) electrons. The molecule has 0 saturated carbocycles. The van der Waals surface area contributed by atoms with Crippen LogP contribution in [0.15, 0.2) is 30.3 Å². The van der Waals surface area contributed by atoms with Gasteiger partial charge >= 0.3 is 0 Å². The van der Waals surface area contributed by atoms with Gasteiger partial charge in [0.15, 0.2) is 0 Å². The van der Waals surface area contributed by atoms with Crippen molar-refractivity contribution in [2.24, 2.45) is 0 Å². The van der Waals surface area contributed by atoms with Gasteiger partial charge in [-0.2, -0.15) is 0 Å². The highest BCUT2D eigenvalue weighted by Crippen LogP contribution is 2.26. The molecule has 0 heterocycles. The first-order valence-corrected chi connectivity index (χ1v) is 6.29. The van der Waals surface area contributed by atoms with E-state index in [1.54, 1.807) is 12.1 Å². The first-order valence-electron chi connectivity index (χ1n) is 5.91. The maximum Gasteiger partial charge on any atom is 0.131 e. The molecule has 0 fully saturated rings. The second-order valence-corrected chi connectivity index (χ2v) is 4.87. The highest BCUT2D eigenvalue weighted by molar-refractivity contribution is 6.31. The highest BCUT2D eigenvalue weighted by atomic mass is 35.5. The number of aryl methyl sites for hydroxylation is 2. The Morgan fingerprint density at radius 2 is 1.95 bits per heavy atom. The molecular weight excluding hydrogens is 265 g/mol. The minimum absolute atomic E-state index is 0.0930. The zero-order chi connectivity index (χ0) is 14.0. The number of hydrogen-bond acceptors (Lipinski definition) is 2. The molecule has 0 unspecified atom stereocenters. The molecule has 0 aliphatic rings. The molecule has 0 aliphatic carbocycles. The molecule has 0 spiro atoms. The lowest BCUT2D eigenvalue weighted by Crippen LogP contribution is -2.02. The molecule has 2 aromatic carbocycles. The summed E-state index contributed by atoms with van der Waals surface area (Å²) in [5, 5.41) is 0.366. The summed E-state index contributed by atoms with van der Waals surface area (Å²) in [5.41, 5.74) is 8.73. The van der Waals surface area contributed by atoms with Crippen molar-refractivity contribution < 1.29 is 9.13 Å². The standard InChI is InChI=1S/C15H15ClFNO/c1-9-7-15(10(2)6-14(9)18)19-8-11-12(16)4-3-5-13(11)17/h3-7H,8,18H2,1-2H3. The van der Waals surface area contributed by atoms with Crippen molar-refractivity contribution in [3.05, 3.63) is 57.9 Å². The Hall–Kier alpha value is -1.74. The first kappa shape index (κ1) is 13.7. The number of ether oxygens (including phenoxy) is 1. The fraction of sp³-hybridized carbons (Fsp3) is 0.200. The summed E-state index contributed by atoms with van der Waals surface area (Å²) in [6.07, 6.45) is 0. The molecule has 100 valence electrons. The molecule has 19 heavy (non-hydrogen) atoms. The van der Waals surface area contributed by atoms with Crippen molar-refractivity contribution >= 4 is 17.3 Å². The summed E-state index contributed by atoms with van der Waals surface area (Å²) in [6.45, 7) is 3.89. The van der Waals surface area contributed by atoms with E-state index in [4.69, 9.17) is 22.1 Å². The van der Waals surface area contributed by atoms with Gasteiger partial charge in [0.2, 0.25) is 0 Å². The maximum atomic E-state index is 13.6. The minimum atomic E-state index is -0.364. The van der Waals surface area contributed by atoms with Gasteiger partial charge in [-0.15, -0.1) is 0 Å². The van der Waals surface area contributed by atoms with Gasteiger partial charge in [0, 0.05) is 11.3 Å². The molecule has 4 heteroatoms. The number of anilines is 1. The summed E-state index contributed by atoms with van der Waals surface area (Å²) < 4.78 is 19.3. The van der Waals surface area contributed by atoms with Crippen molar-refractivity contribution in [2.45, 2.75) is 20.5 Å².